The summed E-state index contributed by atoms with van der Waals surface area (Å²) in [6, 6.07) is 9.54. The molecule has 4 nitrogen and oxygen atoms in total. The van der Waals surface area contributed by atoms with Gasteiger partial charge in [0.2, 0.25) is 11.2 Å². The second-order valence-electron chi connectivity index (χ2n) is 4.38. The number of hydrogen-bond acceptors (Lipinski definition) is 3. The number of halogens is 2. The van der Waals surface area contributed by atoms with Crippen molar-refractivity contribution in [3.63, 3.8) is 0 Å². The van der Waals surface area contributed by atoms with E-state index in [4.69, 9.17) is 23.2 Å². The van der Waals surface area contributed by atoms with Gasteiger partial charge in [-0.15, -0.1) is 0 Å². The van der Waals surface area contributed by atoms with Crippen molar-refractivity contribution >= 4 is 34.9 Å². The van der Waals surface area contributed by atoms with Crippen molar-refractivity contribution in [3.05, 3.63) is 51.9 Å². The summed E-state index contributed by atoms with van der Waals surface area (Å²) >= 11 is 11.4. The summed E-state index contributed by atoms with van der Waals surface area (Å²) < 4.78 is 0. The average Bonchev–Trinajstić information content (AvgIpc) is 2.37. The molecule has 2 rings (SSSR count). The molecule has 6 heteroatoms. The van der Waals surface area contributed by atoms with Crippen LogP contribution in [-0.4, -0.2) is 15.9 Å². The molecule has 0 saturated heterocycles. The predicted molar refractivity (Wildman–Crippen MR) is 80.2 cm³/mol. The second-order valence-corrected chi connectivity index (χ2v) is 5.10. The van der Waals surface area contributed by atoms with Crippen molar-refractivity contribution in [1.82, 2.24) is 9.97 Å². The normalized spacial score (nSPS) is 10.3. The first-order chi connectivity index (χ1) is 9.52. The van der Waals surface area contributed by atoms with E-state index in [0.29, 0.717) is 18.7 Å². The fourth-order valence-electron chi connectivity index (χ4n) is 1.67. The van der Waals surface area contributed by atoms with Crippen molar-refractivity contribution in [1.29, 1.82) is 0 Å². The molecule has 1 amide bonds. The summed E-state index contributed by atoms with van der Waals surface area (Å²) in [5, 5.41) is 2.85. The molecule has 20 heavy (non-hydrogen) atoms. The fraction of sp³-hybridized carbons (Fsp3) is 0.214. The van der Waals surface area contributed by atoms with Crippen molar-refractivity contribution in [3.8, 4) is 0 Å². The zero-order valence-corrected chi connectivity index (χ0v) is 12.4. The Bertz CT molecular complexity index is 594. The molecule has 0 spiro atoms. The quantitative estimate of drug-likeness (QED) is 0.692. The van der Waals surface area contributed by atoms with Crippen LogP contribution >= 0.6 is 23.2 Å². The number of amides is 1. The Balaban J connectivity index is 1.90. The standard InChI is InChI=1S/C14H13Cl2N3O/c1-9-2-4-10(5-3-9)6-7-13(20)18-12-8-11(15)17-14(16)19-12/h2-5,8H,6-7H2,1H3,(H,17,18,19,20). The molecule has 1 aromatic heterocycles. The minimum atomic E-state index is -0.142. The Morgan fingerprint density at radius 1 is 1.20 bits per heavy atom. The van der Waals surface area contributed by atoms with Crippen LogP contribution in [0.25, 0.3) is 0 Å². The summed E-state index contributed by atoms with van der Waals surface area (Å²) in [6.45, 7) is 2.03. The third-order valence-electron chi connectivity index (χ3n) is 2.70. The number of anilines is 1. The van der Waals surface area contributed by atoms with Crippen LogP contribution in [0.1, 0.15) is 17.5 Å². The van der Waals surface area contributed by atoms with E-state index in [2.05, 4.69) is 15.3 Å². The van der Waals surface area contributed by atoms with Gasteiger partial charge in [-0.2, -0.15) is 0 Å². The van der Waals surface area contributed by atoms with E-state index in [0.717, 1.165) is 5.56 Å². The topological polar surface area (TPSA) is 54.9 Å². The van der Waals surface area contributed by atoms with E-state index in [1.54, 1.807) is 0 Å². The third-order valence-corrected chi connectivity index (χ3v) is 3.06. The third kappa shape index (κ3) is 4.47. The smallest absolute Gasteiger partial charge is 0.225 e. The number of carbonyl (C=O) groups excluding carboxylic acids is 1. The zero-order valence-electron chi connectivity index (χ0n) is 10.9. The van der Waals surface area contributed by atoms with Gasteiger partial charge in [0.1, 0.15) is 11.0 Å². The number of aromatic nitrogens is 2. The van der Waals surface area contributed by atoms with Crippen LogP contribution in [0.2, 0.25) is 10.4 Å². The minimum absolute atomic E-state index is 0.00587. The molecule has 0 unspecified atom stereocenters. The van der Waals surface area contributed by atoms with Gasteiger partial charge in [-0.05, 0) is 30.5 Å². The van der Waals surface area contributed by atoms with Gasteiger partial charge >= 0.3 is 0 Å². The van der Waals surface area contributed by atoms with Crippen LogP contribution in [0, 0.1) is 6.92 Å². The van der Waals surface area contributed by atoms with Crippen molar-refractivity contribution in [2.75, 3.05) is 5.32 Å². The first-order valence-corrected chi connectivity index (χ1v) is 6.84. The number of carbonyl (C=O) groups is 1. The lowest BCUT2D eigenvalue weighted by Gasteiger charge is -2.05. The fourth-order valence-corrected chi connectivity index (χ4v) is 2.08. The molecule has 0 atom stereocenters. The maximum atomic E-state index is 11.8. The lowest BCUT2D eigenvalue weighted by Crippen LogP contribution is -2.13. The van der Waals surface area contributed by atoms with Crippen molar-refractivity contribution in [2.24, 2.45) is 0 Å². The number of hydrogen-bond donors (Lipinski definition) is 1. The Morgan fingerprint density at radius 2 is 1.90 bits per heavy atom. The molecule has 104 valence electrons. The highest BCUT2D eigenvalue weighted by Crippen LogP contribution is 2.15. The maximum Gasteiger partial charge on any atom is 0.225 e. The monoisotopic (exact) mass is 309 g/mol. The van der Waals surface area contributed by atoms with Gasteiger partial charge in [0, 0.05) is 12.5 Å². The second kappa shape index (κ2) is 6.68. The molecule has 0 radical (unpaired) electrons. The number of benzene rings is 1. The number of rotatable bonds is 4. The molecular weight excluding hydrogens is 297 g/mol. The summed E-state index contributed by atoms with van der Waals surface area (Å²) in [5.41, 5.74) is 2.31. The van der Waals surface area contributed by atoms with Gasteiger partial charge in [0.25, 0.3) is 0 Å². The van der Waals surface area contributed by atoms with E-state index >= 15 is 0 Å². The molecule has 0 fully saturated rings. The average molecular weight is 310 g/mol. The molecular formula is C14H13Cl2N3O. The van der Waals surface area contributed by atoms with Gasteiger partial charge in [0.05, 0.1) is 0 Å². The number of aryl methyl sites for hydroxylation is 2. The van der Waals surface area contributed by atoms with Gasteiger partial charge in [0.15, 0.2) is 0 Å². The van der Waals surface area contributed by atoms with Crippen molar-refractivity contribution in [2.45, 2.75) is 19.8 Å². The van der Waals surface area contributed by atoms with Crippen LogP contribution in [0.5, 0.6) is 0 Å². The molecule has 1 aromatic carbocycles. The summed E-state index contributed by atoms with van der Waals surface area (Å²) in [4.78, 5) is 19.4. The summed E-state index contributed by atoms with van der Waals surface area (Å²) in [5.74, 6) is 0.167. The molecule has 1 N–H and O–H groups in total. The molecule has 0 bridgehead atoms. The van der Waals surface area contributed by atoms with Crippen LogP contribution in [0.4, 0.5) is 5.82 Å². The van der Waals surface area contributed by atoms with E-state index in [-0.39, 0.29) is 16.3 Å². The van der Waals surface area contributed by atoms with Gasteiger partial charge < -0.3 is 5.32 Å². The SMILES string of the molecule is Cc1ccc(CCC(=O)Nc2cc(Cl)nc(Cl)n2)cc1. The maximum absolute atomic E-state index is 11.8. The van der Waals surface area contributed by atoms with E-state index in [1.165, 1.54) is 11.6 Å². The first-order valence-electron chi connectivity index (χ1n) is 6.08. The van der Waals surface area contributed by atoms with Gasteiger partial charge in [-0.1, -0.05) is 41.4 Å². The molecule has 0 saturated carbocycles. The molecule has 0 aliphatic carbocycles. The molecule has 0 aliphatic rings. The number of nitrogens with zero attached hydrogens (tertiary/aromatic N) is 2. The Hall–Kier alpha value is -1.65. The van der Waals surface area contributed by atoms with Gasteiger partial charge in [-0.25, -0.2) is 9.97 Å². The summed E-state index contributed by atoms with van der Waals surface area (Å²) in [7, 11) is 0. The largest absolute Gasteiger partial charge is 0.311 e. The zero-order chi connectivity index (χ0) is 14.5. The van der Waals surface area contributed by atoms with Gasteiger partial charge in [-0.3, -0.25) is 4.79 Å². The van der Waals surface area contributed by atoms with Crippen LogP contribution in [0.3, 0.4) is 0 Å². The first kappa shape index (κ1) is 14.8. The van der Waals surface area contributed by atoms with E-state index in [1.807, 2.05) is 31.2 Å². The van der Waals surface area contributed by atoms with E-state index < -0.39 is 0 Å². The lowest BCUT2D eigenvalue weighted by atomic mass is 10.1. The minimum Gasteiger partial charge on any atom is -0.311 e. The molecule has 2 aromatic rings. The van der Waals surface area contributed by atoms with Crippen molar-refractivity contribution < 1.29 is 4.79 Å². The Kier molecular flexibility index (Phi) is 4.93. The van der Waals surface area contributed by atoms with Crippen LogP contribution in [0.15, 0.2) is 30.3 Å². The highest BCUT2D eigenvalue weighted by atomic mass is 35.5. The number of nitrogens with one attached hydrogen (secondary N) is 1. The summed E-state index contributed by atoms with van der Waals surface area (Å²) in [6.07, 6.45) is 1.03. The van der Waals surface area contributed by atoms with Crippen LogP contribution in [-0.2, 0) is 11.2 Å². The van der Waals surface area contributed by atoms with E-state index in [9.17, 15) is 4.79 Å². The molecule has 0 aliphatic heterocycles. The lowest BCUT2D eigenvalue weighted by molar-refractivity contribution is -0.116. The predicted octanol–water partition coefficient (Wildman–Crippen LogP) is 3.66. The van der Waals surface area contributed by atoms with Crippen LogP contribution < -0.4 is 5.32 Å². The highest BCUT2D eigenvalue weighted by molar-refractivity contribution is 6.32. The Labute approximate surface area is 127 Å². The highest BCUT2D eigenvalue weighted by Gasteiger charge is 2.06. The Morgan fingerprint density at radius 3 is 2.55 bits per heavy atom. The molecule has 1 heterocycles.